The zero-order valence-electron chi connectivity index (χ0n) is 22.1. The van der Waals surface area contributed by atoms with E-state index in [1.165, 1.54) is 24.8 Å². The Hall–Kier alpha value is -1.43. The summed E-state index contributed by atoms with van der Waals surface area (Å²) < 4.78 is 0. The molecule has 188 valence electrons. The third-order valence-electron chi connectivity index (χ3n) is 9.69. The molecule has 4 aliphatic rings. The molecule has 2 aliphatic carbocycles. The van der Waals surface area contributed by atoms with Crippen molar-refractivity contribution < 1.29 is 4.79 Å². The van der Waals surface area contributed by atoms with Crippen LogP contribution in [0.3, 0.4) is 0 Å². The van der Waals surface area contributed by atoms with Gasteiger partial charge >= 0.3 is 0 Å². The number of likely N-dealkylation sites (tertiary alicyclic amines) is 1. The molecule has 34 heavy (non-hydrogen) atoms. The van der Waals surface area contributed by atoms with Gasteiger partial charge in [0.05, 0.1) is 5.92 Å². The largest absolute Gasteiger partial charge is 0.338 e. The quantitative estimate of drug-likeness (QED) is 0.661. The first-order chi connectivity index (χ1) is 16.1. The summed E-state index contributed by atoms with van der Waals surface area (Å²) >= 11 is 0. The summed E-state index contributed by atoms with van der Waals surface area (Å²) in [6, 6.07) is 11.3. The molecule has 1 aromatic carbocycles. The van der Waals surface area contributed by atoms with Crippen molar-refractivity contribution in [2.75, 3.05) is 20.6 Å². The number of carbonyl (C=O) groups excluding carboxylic acids is 1. The SMILES string of the molecule is CN(C)C1(c2ccccc2)CCC2(CC1)C[C@@H](C1C(=O)N(C(C)(C)C)CCC1CC1CC1)NN2. The van der Waals surface area contributed by atoms with Crippen LogP contribution in [0, 0.1) is 17.8 Å². The number of hydrogen-bond acceptors (Lipinski definition) is 4. The lowest BCUT2D eigenvalue weighted by Gasteiger charge is -2.49. The third-order valence-corrected chi connectivity index (χ3v) is 9.69. The molecule has 5 rings (SSSR count). The normalized spacial score (nSPS) is 37.1. The van der Waals surface area contributed by atoms with Crippen molar-refractivity contribution in [3.05, 3.63) is 35.9 Å². The van der Waals surface area contributed by atoms with Gasteiger partial charge in [-0.15, -0.1) is 0 Å². The summed E-state index contributed by atoms with van der Waals surface area (Å²) in [7, 11) is 4.47. The van der Waals surface area contributed by atoms with E-state index in [1.807, 2.05) is 0 Å². The van der Waals surface area contributed by atoms with Crippen LogP contribution in [0.1, 0.15) is 84.1 Å². The first kappa shape index (κ1) is 24.3. The number of hydrogen-bond donors (Lipinski definition) is 2. The van der Waals surface area contributed by atoms with Crippen LogP contribution < -0.4 is 10.9 Å². The first-order valence-corrected chi connectivity index (χ1v) is 13.7. The fraction of sp³-hybridized carbons (Fsp3) is 0.759. The van der Waals surface area contributed by atoms with Crippen LogP contribution in [-0.4, -0.2) is 53.5 Å². The van der Waals surface area contributed by atoms with Crippen molar-refractivity contribution in [2.24, 2.45) is 17.8 Å². The Morgan fingerprint density at radius 3 is 2.29 bits per heavy atom. The molecule has 3 atom stereocenters. The van der Waals surface area contributed by atoms with E-state index in [0.29, 0.717) is 11.8 Å². The summed E-state index contributed by atoms with van der Waals surface area (Å²) in [6.07, 6.45) is 10.8. The van der Waals surface area contributed by atoms with E-state index in [-0.39, 0.29) is 28.6 Å². The van der Waals surface area contributed by atoms with E-state index in [0.717, 1.165) is 51.0 Å². The van der Waals surface area contributed by atoms with Gasteiger partial charge in [-0.25, -0.2) is 0 Å². The van der Waals surface area contributed by atoms with Gasteiger partial charge in [0.15, 0.2) is 0 Å². The van der Waals surface area contributed by atoms with Crippen LogP contribution in [0.15, 0.2) is 30.3 Å². The fourth-order valence-electron chi connectivity index (χ4n) is 7.38. The molecule has 2 saturated heterocycles. The second kappa shape index (κ2) is 8.90. The van der Waals surface area contributed by atoms with Crippen molar-refractivity contribution in [3.8, 4) is 0 Å². The highest BCUT2D eigenvalue weighted by Gasteiger charge is 2.53. The molecule has 2 unspecified atom stereocenters. The number of nitrogens with one attached hydrogen (secondary N) is 2. The van der Waals surface area contributed by atoms with Gasteiger partial charge in [-0.05, 0) is 97.2 Å². The van der Waals surface area contributed by atoms with Gasteiger partial charge in [-0.2, -0.15) is 0 Å². The minimum absolute atomic E-state index is 0.102. The highest BCUT2D eigenvalue weighted by Crippen LogP contribution is 2.49. The van der Waals surface area contributed by atoms with E-state index >= 15 is 0 Å². The Bertz CT molecular complexity index is 864. The highest BCUT2D eigenvalue weighted by atomic mass is 16.2. The van der Waals surface area contributed by atoms with Crippen molar-refractivity contribution >= 4 is 5.91 Å². The van der Waals surface area contributed by atoms with Gasteiger partial charge in [0.25, 0.3) is 0 Å². The summed E-state index contributed by atoms with van der Waals surface area (Å²) in [5, 5.41) is 0. The lowest BCUT2D eigenvalue weighted by atomic mass is 9.66. The van der Waals surface area contributed by atoms with Gasteiger partial charge in [0.1, 0.15) is 0 Å². The Kier molecular flexibility index (Phi) is 6.35. The van der Waals surface area contributed by atoms with Gasteiger partial charge in [-0.3, -0.25) is 20.5 Å². The second-order valence-corrected chi connectivity index (χ2v) is 13.1. The minimum atomic E-state index is -0.102. The van der Waals surface area contributed by atoms with Gasteiger partial charge in [-0.1, -0.05) is 43.2 Å². The maximum atomic E-state index is 13.9. The number of amides is 1. The average molecular weight is 467 g/mol. The lowest BCUT2D eigenvalue weighted by molar-refractivity contribution is -0.148. The summed E-state index contributed by atoms with van der Waals surface area (Å²) in [5.74, 6) is 1.89. The zero-order valence-corrected chi connectivity index (χ0v) is 22.1. The van der Waals surface area contributed by atoms with Crippen LogP contribution in [0.5, 0.6) is 0 Å². The number of carbonyl (C=O) groups is 1. The van der Waals surface area contributed by atoms with Crippen LogP contribution in [0.25, 0.3) is 0 Å². The molecular weight excluding hydrogens is 420 g/mol. The Balaban J connectivity index is 1.32. The van der Waals surface area contributed by atoms with Crippen LogP contribution in [0.4, 0.5) is 0 Å². The molecular formula is C29H46N4O. The average Bonchev–Trinajstić information content (AvgIpc) is 3.53. The standard InChI is InChI=1S/C29H46N4O/c1-27(2,3)33-18-13-22(19-21-11-12-21)25(26(33)34)24-20-28(31-30-24)14-16-29(17-15-28,32(4)5)23-9-7-6-8-10-23/h6-10,21-22,24-25,30-31H,11-20H2,1-5H3/t22?,24-,25?,28?,29?/m0/s1. The third kappa shape index (κ3) is 4.44. The Morgan fingerprint density at radius 1 is 1.03 bits per heavy atom. The molecule has 4 fully saturated rings. The van der Waals surface area contributed by atoms with Crippen LogP contribution in [-0.2, 0) is 10.3 Å². The molecule has 2 saturated carbocycles. The number of benzene rings is 1. The molecule has 5 nitrogen and oxygen atoms in total. The van der Waals surface area contributed by atoms with E-state index in [1.54, 1.807) is 0 Å². The van der Waals surface area contributed by atoms with Crippen LogP contribution in [0.2, 0.25) is 0 Å². The molecule has 2 heterocycles. The highest BCUT2D eigenvalue weighted by molar-refractivity contribution is 5.81. The molecule has 2 N–H and O–H groups in total. The van der Waals surface area contributed by atoms with E-state index in [9.17, 15) is 4.79 Å². The molecule has 0 bridgehead atoms. The molecule has 5 heteroatoms. The summed E-state index contributed by atoms with van der Waals surface area (Å²) in [5.41, 5.74) is 9.01. The zero-order chi connectivity index (χ0) is 24.1. The maximum absolute atomic E-state index is 13.9. The van der Waals surface area contributed by atoms with Crippen molar-refractivity contribution in [1.29, 1.82) is 0 Å². The number of rotatable bonds is 5. The van der Waals surface area contributed by atoms with Gasteiger partial charge in [0.2, 0.25) is 5.91 Å². The lowest BCUT2D eigenvalue weighted by Crippen LogP contribution is -2.58. The molecule has 1 spiro atoms. The van der Waals surface area contributed by atoms with Crippen molar-refractivity contribution in [3.63, 3.8) is 0 Å². The molecule has 2 aliphatic heterocycles. The maximum Gasteiger partial charge on any atom is 0.228 e. The Morgan fingerprint density at radius 2 is 1.71 bits per heavy atom. The van der Waals surface area contributed by atoms with Gasteiger partial charge in [0, 0.05) is 29.2 Å². The Labute approximate surface area is 207 Å². The van der Waals surface area contributed by atoms with Gasteiger partial charge < -0.3 is 4.90 Å². The summed E-state index contributed by atoms with van der Waals surface area (Å²) in [6.45, 7) is 7.49. The minimum Gasteiger partial charge on any atom is -0.338 e. The van der Waals surface area contributed by atoms with Crippen molar-refractivity contribution in [2.45, 2.75) is 101 Å². The number of hydrazine groups is 1. The number of nitrogens with zero attached hydrogens (tertiary/aromatic N) is 2. The molecule has 1 amide bonds. The predicted octanol–water partition coefficient (Wildman–Crippen LogP) is 4.69. The van der Waals surface area contributed by atoms with Crippen molar-refractivity contribution in [1.82, 2.24) is 20.7 Å². The smallest absolute Gasteiger partial charge is 0.228 e. The van der Waals surface area contributed by atoms with Crippen LogP contribution >= 0.6 is 0 Å². The molecule has 0 radical (unpaired) electrons. The molecule has 1 aromatic rings. The number of piperidine rings is 1. The van der Waals surface area contributed by atoms with E-state index < -0.39 is 0 Å². The first-order valence-electron chi connectivity index (χ1n) is 13.7. The fourth-order valence-corrected chi connectivity index (χ4v) is 7.38. The summed E-state index contributed by atoms with van der Waals surface area (Å²) in [4.78, 5) is 18.5. The second-order valence-electron chi connectivity index (χ2n) is 13.1. The predicted molar refractivity (Wildman–Crippen MR) is 138 cm³/mol. The van der Waals surface area contributed by atoms with E-state index in [2.05, 4.69) is 85.8 Å². The topological polar surface area (TPSA) is 47.6 Å². The van der Waals surface area contributed by atoms with E-state index in [4.69, 9.17) is 0 Å². The molecule has 0 aromatic heterocycles. The monoisotopic (exact) mass is 466 g/mol.